The molecule has 104 valence electrons. The molecule has 1 aromatic rings. The predicted molar refractivity (Wildman–Crippen MR) is 69.2 cm³/mol. The van der Waals surface area contributed by atoms with Crippen LogP contribution >= 0.6 is 11.6 Å². The van der Waals surface area contributed by atoms with Gasteiger partial charge in [0.15, 0.2) is 0 Å². The number of benzene rings is 1. The fraction of sp³-hybridized carbons (Fsp3) is 0.364. The van der Waals surface area contributed by atoms with Crippen LogP contribution in [0.1, 0.15) is 5.56 Å². The van der Waals surface area contributed by atoms with E-state index in [1.807, 2.05) is 0 Å². The van der Waals surface area contributed by atoms with E-state index < -0.39 is 16.1 Å². The predicted octanol–water partition coefficient (Wildman–Crippen LogP) is 0.497. The molecule has 0 aliphatic heterocycles. The van der Waals surface area contributed by atoms with Crippen molar-refractivity contribution in [1.29, 1.82) is 5.26 Å². The molecule has 19 heavy (non-hydrogen) atoms. The summed E-state index contributed by atoms with van der Waals surface area (Å²) >= 11 is 5.72. The molecule has 0 bridgehead atoms. The summed E-state index contributed by atoms with van der Waals surface area (Å²) in [6.07, 6.45) is -0.968. The van der Waals surface area contributed by atoms with Crippen molar-refractivity contribution in [2.45, 2.75) is 11.0 Å². The number of aliphatic hydroxyl groups excluding tert-OH is 1. The first-order chi connectivity index (χ1) is 8.90. The maximum Gasteiger partial charge on any atom is 0.242 e. The molecule has 0 heterocycles. The summed E-state index contributed by atoms with van der Waals surface area (Å²) in [5.41, 5.74) is -0.0156. The van der Waals surface area contributed by atoms with Crippen LogP contribution in [0.25, 0.3) is 0 Å². The molecule has 1 rings (SSSR count). The Labute approximate surface area is 116 Å². The molecule has 0 aliphatic carbocycles. The molecule has 1 atom stereocenters. The lowest BCUT2D eigenvalue weighted by atomic mass is 10.2. The molecule has 0 saturated carbocycles. The van der Waals surface area contributed by atoms with Gasteiger partial charge in [-0.05, 0) is 18.2 Å². The summed E-state index contributed by atoms with van der Waals surface area (Å²) in [6, 6.07) is 5.71. The third-order valence-corrected chi connectivity index (χ3v) is 3.92. The van der Waals surface area contributed by atoms with Gasteiger partial charge in [-0.15, -0.1) is 0 Å². The van der Waals surface area contributed by atoms with Crippen LogP contribution in [-0.2, 0) is 14.8 Å². The Balaban J connectivity index is 2.95. The van der Waals surface area contributed by atoms with Crippen molar-refractivity contribution in [2.24, 2.45) is 0 Å². The Morgan fingerprint density at radius 3 is 2.84 bits per heavy atom. The molecule has 0 fully saturated rings. The highest BCUT2D eigenvalue weighted by Gasteiger charge is 2.20. The average Bonchev–Trinajstić information content (AvgIpc) is 2.37. The zero-order chi connectivity index (χ0) is 14.5. The SMILES string of the molecule is COCC(O)CNS(=O)(=O)c1cc(Cl)ccc1C#N. The second-order valence-corrected chi connectivity index (χ2v) is 5.89. The lowest BCUT2D eigenvalue weighted by molar-refractivity contribution is 0.0679. The molecular formula is C11H13ClN2O4S. The van der Waals surface area contributed by atoms with Gasteiger partial charge >= 0.3 is 0 Å². The molecule has 0 radical (unpaired) electrons. The van der Waals surface area contributed by atoms with Crippen molar-refractivity contribution in [2.75, 3.05) is 20.3 Å². The van der Waals surface area contributed by atoms with E-state index in [2.05, 4.69) is 9.46 Å². The quantitative estimate of drug-likeness (QED) is 0.797. The lowest BCUT2D eigenvalue weighted by Crippen LogP contribution is -2.34. The van der Waals surface area contributed by atoms with Crippen LogP contribution < -0.4 is 4.72 Å². The molecule has 8 heteroatoms. The molecular weight excluding hydrogens is 292 g/mol. The first-order valence-electron chi connectivity index (χ1n) is 5.27. The van der Waals surface area contributed by atoms with Crippen LogP contribution in [0.3, 0.4) is 0 Å². The highest BCUT2D eigenvalue weighted by molar-refractivity contribution is 7.89. The molecule has 6 nitrogen and oxygen atoms in total. The fourth-order valence-corrected chi connectivity index (χ4v) is 2.84. The monoisotopic (exact) mass is 304 g/mol. The topological polar surface area (TPSA) is 99.4 Å². The number of nitrogens with zero attached hydrogens (tertiary/aromatic N) is 1. The second kappa shape index (κ2) is 6.84. The van der Waals surface area contributed by atoms with E-state index in [1.165, 1.54) is 25.3 Å². The van der Waals surface area contributed by atoms with Crippen LogP contribution in [0.5, 0.6) is 0 Å². The maximum absolute atomic E-state index is 12.0. The third kappa shape index (κ3) is 4.45. The van der Waals surface area contributed by atoms with E-state index in [9.17, 15) is 13.5 Å². The summed E-state index contributed by atoms with van der Waals surface area (Å²) in [4.78, 5) is -0.216. The Hall–Kier alpha value is -1.17. The maximum atomic E-state index is 12.0. The van der Waals surface area contributed by atoms with Crippen molar-refractivity contribution in [3.63, 3.8) is 0 Å². The van der Waals surface area contributed by atoms with Crippen LogP contribution in [0, 0.1) is 11.3 Å². The number of nitrogens with one attached hydrogen (secondary N) is 1. The number of hydrogen-bond acceptors (Lipinski definition) is 5. The highest BCUT2D eigenvalue weighted by Crippen LogP contribution is 2.20. The average molecular weight is 305 g/mol. The van der Waals surface area contributed by atoms with Crippen LogP contribution in [-0.4, -0.2) is 39.9 Å². The second-order valence-electron chi connectivity index (χ2n) is 3.71. The number of nitriles is 1. The minimum Gasteiger partial charge on any atom is -0.389 e. The van der Waals surface area contributed by atoms with E-state index in [0.717, 1.165) is 0 Å². The number of methoxy groups -OCH3 is 1. The van der Waals surface area contributed by atoms with Gasteiger partial charge in [0.05, 0.1) is 18.3 Å². The van der Waals surface area contributed by atoms with Crippen molar-refractivity contribution in [3.05, 3.63) is 28.8 Å². The van der Waals surface area contributed by atoms with Crippen molar-refractivity contribution in [1.82, 2.24) is 4.72 Å². The first kappa shape index (κ1) is 15.9. The fourth-order valence-electron chi connectivity index (χ4n) is 1.35. The van der Waals surface area contributed by atoms with Gasteiger partial charge < -0.3 is 9.84 Å². The molecule has 2 N–H and O–H groups in total. The number of ether oxygens (including phenoxy) is 1. The number of rotatable bonds is 6. The molecule has 1 aromatic carbocycles. The molecule has 1 unspecified atom stereocenters. The van der Waals surface area contributed by atoms with Crippen LogP contribution in [0.15, 0.2) is 23.1 Å². The summed E-state index contributed by atoms with van der Waals surface area (Å²) < 4.78 is 30.9. The summed E-state index contributed by atoms with van der Waals surface area (Å²) in [5, 5.41) is 18.5. The Kier molecular flexibility index (Phi) is 5.72. The van der Waals surface area contributed by atoms with Gasteiger partial charge in [-0.3, -0.25) is 0 Å². The largest absolute Gasteiger partial charge is 0.389 e. The van der Waals surface area contributed by atoms with Crippen molar-refractivity contribution in [3.8, 4) is 6.07 Å². The van der Waals surface area contributed by atoms with Crippen molar-refractivity contribution >= 4 is 21.6 Å². The number of aliphatic hydroxyl groups is 1. The van der Waals surface area contributed by atoms with Gasteiger partial charge in [0.1, 0.15) is 11.0 Å². The highest BCUT2D eigenvalue weighted by atomic mass is 35.5. The summed E-state index contributed by atoms with van der Waals surface area (Å²) in [7, 11) is -2.52. The van der Waals surface area contributed by atoms with E-state index in [4.69, 9.17) is 16.9 Å². The van der Waals surface area contributed by atoms with Gasteiger partial charge in [-0.2, -0.15) is 5.26 Å². The zero-order valence-corrected chi connectivity index (χ0v) is 11.7. The number of sulfonamides is 1. The Bertz CT molecular complexity index is 583. The Morgan fingerprint density at radius 2 is 2.26 bits per heavy atom. The van der Waals surface area contributed by atoms with Gasteiger partial charge in [-0.1, -0.05) is 11.6 Å². The molecule has 0 saturated heterocycles. The standard InChI is InChI=1S/C11H13ClN2O4S/c1-18-7-10(15)6-14-19(16,17)11-4-9(12)3-2-8(11)5-13/h2-4,10,14-15H,6-7H2,1H3. The molecule has 0 aliphatic rings. The van der Waals surface area contributed by atoms with Gasteiger partial charge in [0.2, 0.25) is 10.0 Å². The minimum absolute atomic E-state index is 0.00315. The lowest BCUT2D eigenvalue weighted by Gasteiger charge is -2.12. The van der Waals surface area contributed by atoms with Gasteiger partial charge in [-0.25, -0.2) is 13.1 Å². The first-order valence-corrected chi connectivity index (χ1v) is 7.13. The van der Waals surface area contributed by atoms with E-state index in [-0.39, 0.29) is 28.6 Å². The van der Waals surface area contributed by atoms with Crippen LogP contribution in [0.4, 0.5) is 0 Å². The third-order valence-electron chi connectivity index (χ3n) is 2.22. The van der Waals surface area contributed by atoms with Gasteiger partial charge in [0, 0.05) is 18.7 Å². The normalized spacial score (nSPS) is 12.9. The molecule has 0 aromatic heterocycles. The van der Waals surface area contributed by atoms with E-state index in [0.29, 0.717) is 0 Å². The molecule has 0 amide bonds. The summed E-state index contributed by atoms with van der Waals surface area (Å²) in [5.74, 6) is 0. The van der Waals surface area contributed by atoms with E-state index >= 15 is 0 Å². The smallest absolute Gasteiger partial charge is 0.242 e. The number of hydrogen-bond donors (Lipinski definition) is 2. The van der Waals surface area contributed by atoms with Crippen LogP contribution in [0.2, 0.25) is 5.02 Å². The minimum atomic E-state index is -3.91. The number of halogens is 1. The van der Waals surface area contributed by atoms with Gasteiger partial charge in [0.25, 0.3) is 0 Å². The summed E-state index contributed by atoms with van der Waals surface area (Å²) in [6.45, 7) is -0.212. The van der Waals surface area contributed by atoms with E-state index in [1.54, 1.807) is 6.07 Å². The Morgan fingerprint density at radius 1 is 1.58 bits per heavy atom. The zero-order valence-electron chi connectivity index (χ0n) is 10.1. The van der Waals surface area contributed by atoms with Crippen molar-refractivity contribution < 1.29 is 18.3 Å². The molecule has 0 spiro atoms.